The van der Waals surface area contributed by atoms with Gasteiger partial charge in [-0.2, -0.15) is 5.10 Å². The first-order chi connectivity index (χ1) is 12.0. The fraction of sp³-hybridized carbons (Fsp3) is 0.600. The van der Waals surface area contributed by atoms with Crippen LogP contribution in [-0.4, -0.2) is 40.4 Å². The summed E-state index contributed by atoms with van der Waals surface area (Å²) in [6.07, 6.45) is 3.53. The lowest BCUT2D eigenvalue weighted by Gasteiger charge is -2.35. The van der Waals surface area contributed by atoms with Crippen LogP contribution in [0.1, 0.15) is 42.0 Å². The predicted molar refractivity (Wildman–Crippen MR) is 103 cm³/mol. The molecular formula is C20H31N5. The average molecular weight is 342 g/mol. The number of hydrogen-bond acceptors (Lipinski definition) is 4. The molecule has 0 saturated carbocycles. The molecule has 0 radical (unpaired) electrons. The Hall–Kier alpha value is -1.88. The second-order valence-electron chi connectivity index (χ2n) is 7.22. The summed E-state index contributed by atoms with van der Waals surface area (Å²) >= 11 is 0. The van der Waals surface area contributed by atoms with E-state index in [0.717, 1.165) is 44.2 Å². The van der Waals surface area contributed by atoms with Gasteiger partial charge in [-0.25, -0.2) is 4.98 Å². The maximum absolute atomic E-state index is 4.42. The van der Waals surface area contributed by atoms with Crippen LogP contribution in [0.15, 0.2) is 18.2 Å². The molecule has 1 aromatic carbocycles. The van der Waals surface area contributed by atoms with Crippen LogP contribution in [0.5, 0.6) is 0 Å². The quantitative estimate of drug-likeness (QED) is 0.820. The number of aryl methyl sites for hydroxylation is 4. The molecule has 1 aliphatic rings. The summed E-state index contributed by atoms with van der Waals surface area (Å²) in [6.45, 7) is 12.7. The van der Waals surface area contributed by atoms with Crippen LogP contribution in [0.25, 0.3) is 0 Å². The van der Waals surface area contributed by atoms with Crippen LogP contribution >= 0.6 is 0 Å². The molecule has 0 spiro atoms. The smallest absolute Gasteiger partial charge is 0.147 e. The minimum absolute atomic E-state index is 0.639. The van der Waals surface area contributed by atoms with Gasteiger partial charge in [-0.05, 0) is 70.7 Å². The Morgan fingerprint density at radius 3 is 2.56 bits per heavy atom. The first-order valence-electron chi connectivity index (χ1n) is 9.47. The second-order valence-corrected chi connectivity index (χ2v) is 7.22. The molecule has 3 rings (SSSR count). The Kier molecular flexibility index (Phi) is 5.74. The Morgan fingerprint density at radius 2 is 1.88 bits per heavy atom. The van der Waals surface area contributed by atoms with E-state index in [4.69, 9.17) is 0 Å². The van der Waals surface area contributed by atoms with Gasteiger partial charge in [0.1, 0.15) is 11.6 Å². The van der Waals surface area contributed by atoms with E-state index in [0.29, 0.717) is 6.04 Å². The highest BCUT2D eigenvalue weighted by atomic mass is 15.3. The van der Waals surface area contributed by atoms with Crippen LogP contribution in [0, 0.1) is 27.7 Å². The summed E-state index contributed by atoms with van der Waals surface area (Å²) in [5.41, 5.74) is 4.22. The third kappa shape index (κ3) is 4.40. The van der Waals surface area contributed by atoms with Crippen LogP contribution in [-0.2, 0) is 6.54 Å². The molecule has 136 valence electrons. The van der Waals surface area contributed by atoms with Crippen molar-refractivity contribution in [1.29, 1.82) is 0 Å². The minimum atomic E-state index is 0.639. The van der Waals surface area contributed by atoms with Crippen LogP contribution < -0.4 is 10.2 Å². The van der Waals surface area contributed by atoms with Crippen molar-refractivity contribution in [2.75, 3.05) is 24.5 Å². The van der Waals surface area contributed by atoms with Gasteiger partial charge in [-0.15, -0.1) is 0 Å². The average Bonchev–Trinajstić information content (AvgIpc) is 2.92. The Labute approximate surface area is 151 Å². The predicted octanol–water partition coefficient (Wildman–Crippen LogP) is 3.16. The molecule has 1 saturated heterocycles. The lowest BCUT2D eigenvalue weighted by atomic mass is 10.0. The van der Waals surface area contributed by atoms with E-state index < -0.39 is 0 Å². The van der Waals surface area contributed by atoms with Crippen LogP contribution in [0.3, 0.4) is 0 Å². The fourth-order valence-electron chi connectivity index (χ4n) is 3.71. The van der Waals surface area contributed by atoms with Crippen molar-refractivity contribution in [3.8, 4) is 0 Å². The maximum Gasteiger partial charge on any atom is 0.147 e. The number of piperidine rings is 1. The standard InChI is InChI=1S/C20H31N5/c1-15-7-5-8-20(16(15)2)24-13-9-19(10-14-24)21-11-6-12-25-18(4)22-17(3)23-25/h5,7-8,19,21H,6,9-14H2,1-4H3. The van der Waals surface area contributed by atoms with Gasteiger partial charge in [0.15, 0.2) is 0 Å². The first kappa shape index (κ1) is 17.9. The molecule has 5 nitrogen and oxygen atoms in total. The first-order valence-corrected chi connectivity index (χ1v) is 9.47. The molecular weight excluding hydrogens is 310 g/mol. The number of nitrogens with one attached hydrogen (secondary N) is 1. The number of anilines is 1. The van der Waals surface area contributed by atoms with Gasteiger partial charge in [-0.1, -0.05) is 12.1 Å². The third-order valence-corrected chi connectivity index (χ3v) is 5.35. The number of rotatable bonds is 6. The molecule has 25 heavy (non-hydrogen) atoms. The topological polar surface area (TPSA) is 46.0 Å². The van der Waals surface area contributed by atoms with Crippen molar-refractivity contribution < 1.29 is 0 Å². The van der Waals surface area contributed by atoms with E-state index >= 15 is 0 Å². The lowest BCUT2D eigenvalue weighted by Crippen LogP contribution is -2.43. The highest BCUT2D eigenvalue weighted by Crippen LogP contribution is 2.25. The molecule has 0 amide bonds. The van der Waals surface area contributed by atoms with Gasteiger partial charge in [0.05, 0.1) is 0 Å². The highest BCUT2D eigenvalue weighted by molar-refractivity contribution is 5.56. The molecule has 1 aliphatic heterocycles. The maximum atomic E-state index is 4.42. The molecule has 0 atom stereocenters. The summed E-state index contributed by atoms with van der Waals surface area (Å²) in [4.78, 5) is 6.90. The van der Waals surface area contributed by atoms with Crippen molar-refractivity contribution in [3.63, 3.8) is 0 Å². The van der Waals surface area contributed by atoms with Gasteiger partial charge in [0, 0.05) is 31.4 Å². The van der Waals surface area contributed by atoms with E-state index in [9.17, 15) is 0 Å². The molecule has 0 aliphatic carbocycles. The summed E-state index contributed by atoms with van der Waals surface area (Å²) in [5, 5.41) is 8.15. The lowest BCUT2D eigenvalue weighted by molar-refractivity contribution is 0.403. The molecule has 2 aromatic rings. The van der Waals surface area contributed by atoms with E-state index in [2.05, 4.69) is 52.3 Å². The normalized spacial score (nSPS) is 15.8. The molecule has 1 aromatic heterocycles. The number of benzene rings is 1. The van der Waals surface area contributed by atoms with Gasteiger partial charge in [0.25, 0.3) is 0 Å². The number of aromatic nitrogens is 3. The van der Waals surface area contributed by atoms with E-state index in [1.807, 2.05) is 18.5 Å². The molecule has 0 unspecified atom stereocenters. The Bertz CT molecular complexity index is 698. The van der Waals surface area contributed by atoms with E-state index in [1.54, 1.807) is 0 Å². The molecule has 2 heterocycles. The summed E-state index contributed by atoms with van der Waals surface area (Å²) in [7, 11) is 0. The zero-order chi connectivity index (χ0) is 17.8. The van der Waals surface area contributed by atoms with Crippen molar-refractivity contribution in [2.45, 2.75) is 59.5 Å². The highest BCUT2D eigenvalue weighted by Gasteiger charge is 2.20. The van der Waals surface area contributed by atoms with Crippen molar-refractivity contribution in [3.05, 3.63) is 41.0 Å². The van der Waals surface area contributed by atoms with Gasteiger partial charge >= 0.3 is 0 Å². The second kappa shape index (κ2) is 8.00. The zero-order valence-electron chi connectivity index (χ0n) is 16.0. The SMILES string of the molecule is Cc1nc(C)n(CCCNC2CCN(c3cccc(C)c3C)CC2)n1. The number of hydrogen-bond donors (Lipinski definition) is 1. The van der Waals surface area contributed by atoms with Gasteiger partial charge in [-0.3, -0.25) is 4.68 Å². The molecule has 0 bridgehead atoms. The van der Waals surface area contributed by atoms with Gasteiger partial charge in [0.2, 0.25) is 0 Å². The third-order valence-electron chi connectivity index (χ3n) is 5.35. The summed E-state index contributed by atoms with van der Waals surface area (Å²) < 4.78 is 2.01. The summed E-state index contributed by atoms with van der Waals surface area (Å²) in [5.74, 6) is 1.88. The van der Waals surface area contributed by atoms with Crippen molar-refractivity contribution >= 4 is 5.69 Å². The minimum Gasteiger partial charge on any atom is -0.371 e. The van der Waals surface area contributed by atoms with Gasteiger partial charge < -0.3 is 10.2 Å². The van der Waals surface area contributed by atoms with E-state index in [-0.39, 0.29) is 0 Å². The number of nitrogens with zero attached hydrogens (tertiary/aromatic N) is 4. The molecule has 5 heteroatoms. The Balaban J connectivity index is 1.41. The van der Waals surface area contributed by atoms with Crippen molar-refractivity contribution in [2.24, 2.45) is 0 Å². The monoisotopic (exact) mass is 341 g/mol. The Morgan fingerprint density at radius 1 is 1.12 bits per heavy atom. The fourth-order valence-corrected chi connectivity index (χ4v) is 3.71. The largest absolute Gasteiger partial charge is 0.371 e. The molecule has 1 N–H and O–H groups in total. The van der Waals surface area contributed by atoms with Crippen LogP contribution in [0.2, 0.25) is 0 Å². The van der Waals surface area contributed by atoms with Crippen molar-refractivity contribution in [1.82, 2.24) is 20.1 Å². The van der Waals surface area contributed by atoms with E-state index in [1.165, 1.54) is 29.7 Å². The zero-order valence-corrected chi connectivity index (χ0v) is 16.0. The van der Waals surface area contributed by atoms with Crippen LogP contribution in [0.4, 0.5) is 5.69 Å². The molecule has 1 fully saturated rings. The summed E-state index contributed by atoms with van der Waals surface area (Å²) in [6, 6.07) is 7.28.